The zero-order chi connectivity index (χ0) is 9.38. The summed E-state index contributed by atoms with van der Waals surface area (Å²) in [7, 11) is 0. The van der Waals surface area contributed by atoms with Gasteiger partial charge in [0.1, 0.15) is 17.6 Å². The smallest absolute Gasteiger partial charge is 0.138 e. The van der Waals surface area contributed by atoms with Gasteiger partial charge in [-0.05, 0) is 18.2 Å². The molecule has 14 heavy (non-hydrogen) atoms. The lowest BCUT2D eigenvalue weighted by atomic mass is 10.2. The SMILES string of the molecule is c1ccc2oc(-c3ccoc3)cc2c1. The number of rotatable bonds is 1. The van der Waals surface area contributed by atoms with Crippen LogP contribution in [0, 0.1) is 0 Å². The maximum Gasteiger partial charge on any atom is 0.138 e. The minimum absolute atomic E-state index is 0.847. The summed E-state index contributed by atoms with van der Waals surface area (Å²) in [6.45, 7) is 0. The fourth-order valence-corrected chi connectivity index (χ4v) is 1.53. The summed E-state index contributed by atoms with van der Waals surface area (Å²) in [5.74, 6) is 0.847. The molecule has 2 heteroatoms. The molecule has 1 aromatic carbocycles. The number of hydrogen-bond acceptors (Lipinski definition) is 2. The molecule has 0 fully saturated rings. The molecule has 3 aromatic rings. The highest BCUT2D eigenvalue weighted by Gasteiger charge is 2.05. The van der Waals surface area contributed by atoms with Crippen LogP contribution >= 0.6 is 0 Å². The number of benzene rings is 1. The maximum atomic E-state index is 5.65. The molecule has 0 bridgehead atoms. The Bertz CT molecular complexity index is 513. The van der Waals surface area contributed by atoms with Gasteiger partial charge in [-0.2, -0.15) is 0 Å². The van der Waals surface area contributed by atoms with Crippen LogP contribution in [0.3, 0.4) is 0 Å². The molecule has 2 nitrogen and oxygen atoms in total. The predicted molar refractivity (Wildman–Crippen MR) is 53.9 cm³/mol. The first-order valence-corrected chi connectivity index (χ1v) is 4.45. The Hall–Kier alpha value is -1.96. The third-order valence-corrected chi connectivity index (χ3v) is 2.23. The van der Waals surface area contributed by atoms with Crippen molar-refractivity contribution in [2.45, 2.75) is 0 Å². The third-order valence-electron chi connectivity index (χ3n) is 2.23. The number of hydrogen-bond donors (Lipinski definition) is 0. The fraction of sp³-hybridized carbons (Fsp3) is 0. The van der Waals surface area contributed by atoms with E-state index in [-0.39, 0.29) is 0 Å². The quantitative estimate of drug-likeness (QED) is 0.576. The van der Waals surface area contributed by atoms with Crippen LogP contribution in [0.15, 0.2) is 57.8 Å². The predicted octanol–water partition coefficient (Wildman–Crippen LogP) is 3.69. The van der Waals surface area contributed by atoms with E-state index in [2.05, 4.69) is 0 Å². The second-order valence-electron chi connectivity index (χ2n) is 3.16. The van der Waals surface area contributed by atoms with Crippen LogP contribution in [-0.4, -0.2) is 0 Å². The van der Waals surface area contributed by atoms with Gasteiger partial charge in [0.2, 0.25) is 0 Å². The van der Waals surface area contributed by atoms with Gasteiger partial charge >= 0.3 is 0 Å². The lowest BCUT2D eigenvalue weighted by Gasteiger charge is -1.86. The van der Waals surface area contributed by atoms with Crippen molar-refractivity contribution in [2.75, 3.05) is 0 Å². The van der Waals surface area contributed by atoms with Crippen molar-refractivity contribution in [3.05, 3.63) is 48.9 Å². The summed E-state index contributed by atoms with van der Waals surface area (Å²) >= 11 is 0. The molecule has 0 aliphatic rings. The van der Waals surface area contributed by atoms with E-state index in [9.17, 15) is 0 Å². The molecule has 0 atom stereocenters. The van der Waals surface area contributed by atoms with Gasteiger partial charge in [0.15, 0.2) is 0 Å². The Morgan fingerprint density at radius 3 is 2.71 bits per heavy atom. The highest BCUT2D eigenvalue weighted by atomic mass is 16.3. The van der Waals surface area contributed by atoms with E-state index >= 15 is 0 Å². The van der Waals surface area contributed by atoms with Gasteiger partial charge in [0.05, 0.1) is 11.8 Å². The molecule has 68 valence electrons. The minimum Gasteiger partial charge on any atom is -0.472 e. The zero-order valence-corrected chi connectivity index (χ0v) is 7.44. The average Bonchev–Trinajstić information content (AvgIpc) is 2.86. The first-order valence-electron chi connectivity index (χ1n) is 4.45. The lowest BCUT2D eigenvalue weighted by molar-refractivity contribution is 0.565. The van der Waals surface area contributed by atoms with Crippen molar-refractivity contribution in [2.24, 2.45) is 0 Å². The van der Waals surface area contributed by atoms with Gasteiger partial charge in [-0.3, -0.25) is 0 Å². The molecule has 0 aliphatic carbocycles. The Kier molecular flexibility index (Phi) is 1.47. The summed E-state index contributed by atoms with van der Waals surface area (Å²) in [6, 6.07) is 11.8. The summed E-state index contributed by atoms with van der Waals surface area (Å²) in [4.78, 5) is 0. The molecule has 0 radical (unpaired) electrons. The molecule has 0 spiro atoms. The normalized spacial score (nSPS) is 10.9. The largest absolute Gasteiger partial charge is 0.472 e. The monoisotopic (exact) mass is 184 g/mol. The Balaban J connectivity index is 2.24. The Morgan fingerprint density at radius 1 is 1.00 bits per heavy atom. The summed E-state index contributed by atoms with van der Waals surface area (Å²) in [6.07, 6.45) is 3.32. The molecule has 0 saturated carbocycles. The molecule has 2 aromatic heterocycles. The average molecular weight is 184 g/mol. The van der Waals surface area contributed by atoms with Gasteiger partial charge < -0.3 is 8.83 Å². The van der Waals surface area contributed by atoms with E-state index in [4.69, 9.17) is 8.83 Å². The van der Waals surface area contributed by atoms with Crippen molar-refractivity contribution in [1.29, 1.82) is 0 Å². The Labute approximate surface area is 80.8 Å². The van der Waals surface area contributed by atoms with Crippen LogP contribution in [-0.2, 0) is 0 Å². The molecular formula is C12H8O2. The molecule has 0 aliphatic heterocycles. The molecule has 2 heterocycles. The second-order valence-corrected chi connectivity index (χ2v) is 3.16. The first-order chi connectivity index (χ1) is 6.93. The van der Waals surface area contributed by atoms with Crippen molar-refractivity contribution in [3.63, 3.8) is 0 Å². The molecular weight excluding hydrogens is 176 g/mol. The van der Waals surface area contributed by atoms with Crippen LogP contribution in [0.1, 0.15) is 0 Å². The molecule has 0 saturated heterocycles. The van der Waals surface area contributed by atoms with Gasteiger partial charge in [0, 0.05) is 5.39 Å². The van der Waals surface area contributed by atoms with Crippen molar-refractivity contribution in [1.82, 2.24) is 0 Å². The van der Waals surface area contributed by atoms with Crippen LogP contribution < -0.4 is 0 Å². The van der Waals surface area contributed by atoms with E-state index in [0.717, 1.165) is 22.3 Å². The molecule has 0 amide bonds. The maximum absolute atomic E-state index is 5.65. The van der Waals surface area contributed by atoms with E-state index in [1.165, 1.54) is 0 Å². The summed E-state index contributed by atoms with van der Waals surface area (Å²) in [5, 5.41) is 1.11. The van der Waals surface area contributed by atoms with E-state index in [1.54, 1.807) is 12.5 Å². The highest BCUT2D eigenvalue weighted by molar-refractivity contribution is 5.82. The van der Waals surface area contributed by atoms with E-state index in [1.807, 2.05) is 36.4 Å². The summed E-state index contributed by atoms with van der Waals surface area (Å²) in [5.41, 5.74) is 1.88. The van der Waals surface area contributed by atoms with Crippen LogP contribution in [0.5, 0.6) is 0 Å². The van der Waals surface area contributed by atoms with Gasteiger partial charge in [-0.15, -0.1) is 0 Å². The van der Waals surface area contributed by atoms with Crippen LogP contribution in [0.25, 0.3) is 22.3 Å². The fourth-order valence-electron chi connectivity index (χ4n) is 1.53. The van der Waals surface area contributed by atoms with Crippen molar-refractivity contribution >= 4 is 11.0 Å². The second kappa shape index (κ2) is 2.77. The number of para-hydroxylation sites is 1. The highest BCUT2D eigenvalue weighted by Crippen LogP contribution is 2.27. The van der Waals surface area contributed by atoms with Gasteiger partial charge in [0.25, 0.3) is 0 Å². The van der Waals surface area contributed by atoms with Crippen LogP contribution in [0.4, 0.5) is 0 Å². The number of furan rings is 2. The topological polar surface area (TPSA) is 26.3 Å². The minimum atomic E-state index is 0.847. The molecule has 3 rings (SSSR count). The molecule has 0 unspecified atom stereocenters. The van der Waals surface area contributed by atoms with E-state index < -0.39 is 0 Å². The van der Waals surface area contributed by atoms with Crippen molar-refractivity contribution in [3.8, 4) is 11.3 Å². The summed E-state index contributed by atoms with van der Waals surface area (Å²) < 4.78 is 10.7. The Morgan fingerprint density at radius 2 is 1.93 bits per heavy atom. The van der Waals surface area contributed by atoms with E-state index in [0.29, 0.717) is 0 Å². The first kappa shape index (κ1) is 7.44. The number of fused-ring (bicyclic) bond motifs is 1. The van der Waals surface area contributed by atoms with Gasteiger partial charge in [-0.25, -0.2) is 0 Å². The molecule has 0 N–H and O–H groups in total. The standard InChI is InChI=1S/C12H8O2/c1-2-4-11-9(3-1)7-12(14-11)10-5-6-13-8-10/h1-8H. The zero-order valence-electron chi connectivity index (χ0n) is 7.44. The third kappa shape index (κ3) is 1.04. The van der Waals surface area contributed by atoms with Crippen LogP contribution in [0.2, 0.25) is 0 Å². The van der Waals surface area contributed by atoms with Crippen molar-refractivity contribution < 1.29 is 8.83 Å². The lowest BCUT2D eigenvalue weighted by Crippen LogP contribution is -1.62. The van der Waals surface area contributed by atoms with Gasteiger partial charge in [-0.1, -0.05) is 18.2 Å².